The van der Waals surface area contributed by atoms with Crippen molar-refractivity contribution >= 4 is 9.84 Å². The molecule has 0 bridgehead atoms. The molecule has 0 aliphatic carbocycles. The first kappa shape index (κ1) is 17.4. The quantitative estimate of drug-likeness (QED) is 0.676. The van der Waals surface area contributed by atoms with Crippen LogP contribution >= 0.6 is 0 Å². The lowest BCUT2D eigenvalue weighted by Gasteiger charge is -2.13. The van der Waals surface area contributed by atoms with E-state index in [1.807, 2.05) is 47.0 Å². The van der Waals surface area contributed by atoms with Crippen molar-refractivity contribution in [2.75, 3.05) is 12.0 Å². The molecular weight excluding hydrogens is 332 g/mol. The fourth-order valence-corrected chi connectivity index (χ4v) is 3.49. The van der Waals surface area contributed by atoms with Crippen LogP contribution in [0.25, 0.3) is 22.5 Å². The monoisotopic (exact) mass is 354 g/mol. The highest BCUT2D eigenvalue weighted by Crippen LogP contribution is 2.33. The first-order valence-corrected chi connectivity index (χ1v) is 10.4. The van der Waals surface area contributed by atoms with Crippen molar-refractivity contribution < 1.29 is 8.42 Å². The van der Waals surface area contributed by atoms with Crippen molar-refractivity contribution in [3.05, 3.63) is 66.5 Å². The Morgan fingerprint density at radius 1 is 1.00 bits per heavy atom. The van der Waals surface area contributed by atoms with E-state index in [2.05, 4.69) is 24.0 Å². The fourth-order valence-electron chi connectivity index (χ4n) is 2.97. The average molecular weight is 354 g/mol. The van der Waals surface area contributed by atoms with Gasteiger partial charge in [-0.25, -0.2) is 13.4 Å². The Labute approximate surface area is 149 Å². The summed E-state index contributed by atoms with van der Waals surface area (Å²) in [4.78, 5) is 4.61. The number of hydrogen-bond donors (Lipinski definition) is 0. The van der Waals surface area contributed by atoms with Gasteiger partial charge in [0.1, 0.15) is 9.84 Å². The third-order valence-electron chi connectivity index (χ3n) is 4.24. The topological polar surface area (TPSA) is 52.0 Å². The lowest BCUT2D eigenvalue weighted by Crippen LogP contribution is -2.11. The molecule has 0 spiro atoms. The van der Waals surface area contributed by atoms with Crippen molar-refractivity contribution in [2.45, 2.75) is 19.9 Å². The van der Waals surface area contributed by atoms with Crippen molar-refractivity contribution in [3.8, 4) is 22.5 Å². The van der Waals surface area contributed by atoms with Crippen molar-refractivity contribution in [3.63, 3.8) is 0 Å². The van der Waals surface area contributed by atoms with Gasteiger partial charge in [-0.15, -0.1) is 0 Å². The number of hydrogen-bond acceptors (Lipinski definition) is 3. The van der Waals surface area contributed by atoms with Gasteiger partial charge in [-0.1, -0.05) is 61.5 Å². The number of nitrogens with zero attached hydrogens (tertiary/aromatic N) is 2. The molecule has 130 valence electrons. The molecule has 0 saturated heterocycles. The molecule has 3 aromatic rings. The zero-order valence-electron chi connectivity index (χ0n) is 14.5. The maximum Gasteiger partial charge on any atom is 0.149 e. The average Bonchev–Trinajstić information content (AvgIpc) is 3.04. The normalized spacial score (nSPS) is 11.6. The van der Waals surface area contributed by atoms with Crippen molar-refractivity contribution in [2.24, 2.45) is 0 Å². The van der Waals surface area contributed by atoms with Gasteiger partial charge in [0.25, 0.3) is 0 Å². The van der Waals surface area contributed by atoms with Gasteiger partial charge in [0.15, 0.2) is 0 Å². The van der Waals surface area contributed by atoms with E-state index in [0.29, 0.717) is 6.54 Å². The highest BCUT2D eigenvalue weighted by atomic mass is 32.2. The number of benzene rings is 2. The Morgan fingerprint density at radius 3 is 2.36 bits per heavy atom. The molecule has 0 aliphatic rings. The molecule has 2 aromatic carbocycles. The molecule has 3 rings (SSSR count). The Bertz CT molecular complexity index is 960. The van der Waals surface area contributed by atoms with Crippen molar-refractivity contribution in [1.29, 1.82) is 0 Å². The van der Waals surface area contributed by atoms with Gasteiger partial charge in [0, 0.05) is 23.9 Å². The van der Waals surface area contributed by atoms with Crippen LogP contribution in [0.5, 0.6) is 0 Å². The first-order valence-electron chi connectivity index (χ1n) is 8.36. The maximum absolute atomic E-state index is 11.6. The molecule has 0 atom stereocenters. The van der Waals surface area contributed by atoms with E-state index in [-0.39, 0.29) is 5.75 Å². The van der Waals surface area contributed by atoms with Crippen LogP contribution in [0.1, 0.15) is 12.5 Å². The molecule has 0 fully saturated rings. The molecule has 1 heterocycles. The fraction of sp³-hybridized carbons (Fsp3) is 0.250. The third kappa shape index (κ3) is 3.99. The zero-order chi connectivity index (χ0) is 17.9. The highest BCUT2D eigenvalue weighted by molar-refractivity contribution is 7.90. The van der Waals surface area contributed by atoms with E-state index < -0.39 is 9.84 Å². The first-order chi connectivity index (χ1) is 12.0. The number of aromatic nitrogens is 2. The molecular formula is C20H22N2O2S. The summed E-state index contributed by atoms with van der Waals surface area (Å²) in [6.45, 7) is 2.52. The van der Waals surface area contributed by atoms with Crippen LogP contribution < -0.4 is 0 Å². The lowest BCUT2D eigenvalue weighted by molar-refractivity contribution is 0.595. The molecule has 4 nitrogen and oxygen atoms in total. The molecule has 0 radical (unpaired) electrons. The minimum atomic E-state index is -3.04. The smallest absolute Gasteiger partial charge is 0.149 e. The van der Waals surface area contributed by atoms with Gasteiger partial charge >= 0.3 is 0 Å². The number of sulfone groups is 1. The van der Waals surface area contributed by atoms with Gasteiger partial charge in [-0.05, 0) is 12.0 Å². The van der Waals surface area contributed by atoms with Crippen LogP contribution in [0.15, 0.2) is 60.9 Å². The molecule has 0 unspecified atom stereocenters. The number of aryl methyl sites for hydroxylation is 2. The van der Waals surface area contributed by atoms with Crippen LogP contribution in [0, 0.1) is 0 Å². The minimum Gasteiger partial charge on any atom is -0.329 e. The summed E-state index contributed by atoms with van der Waals surface area (Å²) in [5.74, 6) is 0.0961. The van der Waals surface area contributed by atoms with Crippen LogP contribution in [0.3, 0.4) is 0 Å². The maximum atomic E-state index is 11.6. The second kappa shape index (κ2) is 7.23. The van der Waals surface area contributed by atoms with E-state index in [1.165, 1.54) is 11.8 Å². The molecule has 1 aromatic heterocycles. The minimum absolute atomic E-state index is 0.0961. The zero-order valence-corrected chi connectivity index (χ0v) is 15.3. The SMILES string of the molecule is CCc1ccccc1-c1c(-c2ccccc2)ncn1CCS(C)(=O)=O. The van der Waals surface area contributed by atoms with Gasteiger partial charge in [0.2, 0.25) is 0 Å². The molecule has 5 heteroatoms. The van der Waals surface area contributed by atoms with E-state index in [4.69, 9.17) is 0 Å². The van der Waals surface area contributed by atoms with Gasteiger partial charge < -0.3 is 4.57 Å². The van der Waals surface area contributed by atoms with Crippen molar-refractivity contribution in [1.82, 2.24) is 9.55 Å². The predicted octanol–water partition coefficient (Wildman–Crippen LogP) is 3.82. The summed E-state index contributed by atoms with van der Waals surface area (Å²) >= 11 is 0. The molecule has 0 saturated carbocycles. The second-order valence-corrected chi connectivity index (χ2v) is 8.40. The van der Waals surface area contributed by atoms with Gasteiger partial charge in [0.05, 0.1) is 23.5 Å². The van der Waals surface area contributed by atoms with E-state index in [0.717, 1.165) is 28.9 Å². The molecule has 0 amide bonds. The van der Waals surface area contributed by atoms with Crippen LogP contribution in [0.2, 0.25) is 0 Å². The van der Waals surface area contributed by atoms with E-state index in [1.54, 1.807) is 6.33 Å². The summed E-state index contributed by atoms with van der Waals surface area (Å²) in [6.07, 6.45) is 3.92. The van der Waals surface area contributed by atoms with Gasteiger partial charge in [-0.2, -0.15) is 0 Å². The van der Waals surface area contributed by atoms with E-state index >= 15 is 0 Å². The Kier molecular flexibility index (Phi) is 5.04. The van der Waals surface area contributed by atoms with Crippen LogP contribution in [-0.4, -0.2) is 30.0 Å². The van der Waals surface area contributed by atoms with Gasteiger partial charge in [-0.3, -0.25) is 0 Å². The predicted molar refractivity (Wildman–Crippen MR) is 102 cm³/mol. The lowest BCUT2D eigenvalue weighted by atomic mass is 9.98. The van der Waals surface area contributed by atoms with Crippen LogP contribution in [-0.2, 0) is 22.8 Å². The Balaban J connectivity index is 2.16. The third-order valence-corrected chi connectivity index (χ3v) is 5.17. The molecule has 0 N–H and O–H groups in total. The Morgan fingerprint density at radius 2 is 1.68 bits per heavy atom. The summed E-state index contributed by atoms with van der Waals surface area (Å²) in [5.41, 5.74) is 5.22. The summed E-state index contributed by atoms with van der Waals surface area (Å²) < 4.78 is 25.2. The highest BCUT2D eigenvalue weighted by Gasteiger charge is 2.17. The number of imidazole rings is 1. The largest absolute Gasteiger partial charge is 0.329 e. The number of rotatable bonds is 6. The standard InChI is InChI=1S/C20H22N2O2S/c1-3-16-9-7-8-12-18(16)20-19(17-10-5-4-6-11-17)21-15-22(20)13-14-25(2,23)24/h4-12,15H,3,13-14H2,1-2H3. The second-order valence-electron chi connectivity index (χ2n) is 6.14. The molecule has 25 heavy (non-hydrogen) atoms. The van der Waals surface area contributed by atoms with Crippen LogP contribution in [0.4, 0.5) is 0 Å². The summed E-state index contributed by atoms with van der Waals surface area (Å²) in [7, 11) is -3.04. The molecule has 0 aliphatic heterocycles. The van der Waals surface area contributed by atoms with E-state index in [9.17, 15) is 8.42 Å². The summed E-state index contributed by atoms with van der Waals surface area (Å²) in [6, 6.07) is 18.2. The summed E-state index contributed by atoms with van der Waals surface area (Å²) in [5, 5.41) is 0. The Hall–Kier alpha value is -2.40.